The van der Waals surface area contributed by atoms with Crippen molar-refractivity contribution < 1.29 is 4.74 Å². The van der Waals surface area contributed by atoms with Crippen LogP contribution in [0, 0.1) is 5.92 Å². The van der Waals surface area contributed by atoms with Crippen LogP contribution in [0.5, 0.6) is 0 Å². The fourth-order valence-electron chi connectivity index (χ4n) is 2.49. The Morgan fingerprint density at radius 3 is 2.58 bits per heavy atom. The first-order valence-electron chi connectivity index (χ1n) is 7.27. The summed E-state index contributed by atoms with van der Waals surface area (Å²) in [5.41, 5.74) is 7.43. The fraction of sp³-hybridized carbons (Fsp3) is 0.625. The van der Waals surface area contributed by atoms with Crippen LogP contribution in [0.3, 0.4) is 0 Å². The third kappa shape index (κ3) is 4.60. The van der Waals surface area contributed by atoms with E-state index in [0.29, 0.717) is 0 Å². The molecule has 2 rings (SSSR count). The molecule has 2 atom stereocenters. The van der Waals surface area contributed by atoms with E-state index in [2.05, 4.69) is 43.1 Å². The van der Waals surface area contributed by atoms with E-state index in [1.165, 1.54) is 18.4 Å². The van der Waals surface area contributed by atoms with Crippen molar-refractivity contribution in [2.45, 2.75) is 31.8 Å². The van der Waals surface area contributed by atoms with Crippen molar-refractivity contribution in [1.29, 1.82) is 0 Å². The Hall–Kier alpha value is -0.900. The SMILES string of the molecule is CC(N)C(c1ccccc1)N(C)CCOCC1CC1. The van der Waals surface area contributed by atoms with Gasteiger partial charge in [-0.3, -0.25) is 4.90 Å². The number of ether oxygens (including phenoxy) is 1. The maximum atomic E-state index is 6.15. The van der Waals surface area contributed by atoms with Crippen LogP contribution in [-0.4, -0.2) is 37.7 Å². The van der Waals surface area contributed by atoms with Gasteiger partial charge in [0, 0.05) is 25.2 Å². The molecule has 3 nitrogen and oxygen atoms in total. The minimum atomic E-state index is 0.107. The van der Waals surface area contributed by atoms with Crippen molar-refractivity contribution in [1.82, 2.24) is 4.90 Å². The van der Waals surface area contributed by atoms with Crippen LogP contribution in [0.2, 0.25) is 0 Å². The topological polar surface area (TPSA) is 38.5 Å². The Morgan fingerprint density at radius 2 is 2.00 bits per heavy atom. The molecule has 1 aromatic rings. The van der Waals surface area contributed by atoms with Crippen molar-refractivity contribution in [3.05, 3.63) is 35.9 Å². The number of likely N-dealkylation sites (N-methyl/N-ethyl adjacent to an activating group) is 1. The van der Waals surface area contributed by atoms with E-state index in [1.807, 2.05) is 6.07 Å². The van der Waals surface area contributed by atoms with Gasteiger partial charge in [-0.1, -0.05) is 30.3 Å². The molecule has 0 radical (unpaired) electrons. The molecule has 0 aromatic heterocycles. The second kappa shape index (κ2) is 7.04. The highest BCUT2D eigenvalue weighted by Crippen LogP contribution is 2.28. The Labute approximate surface area is 116 Å². The lowest BCUT2D eigenvalue weighted by molar-refractivity contribution is 0.0875. The van der Waals surface area contributed by atoms with Crippen LogP contribution in [0.25, 0.3) is 0 Å². The zero-order chi connectivity index (χ0) is 13.7. The average molecular weight is 262 g/mol. The van der Waals surface area contributed by atoms with Crippen molar-refractivity contribution in [3.63, 3.8) is 0 Å². The molecule has 0 aliphatic heterocycles. The van der Waals surface area contributed by atoms with Crippen LogP contribution in [0.15, 0.2) is 30.3 Å². The number of nitrogens with zero attached hydrogens (tertiary/aromatic N) is 1. The van der Waals surface area contributed by atoms with E-state index < -0.39 is 0 Å². The molecule has 0 spiro atoms. The van der Waals surface area contributed by atoms with Crippen LogP contribution in [-0.2, 0) is 4.74 Å². The van der Waals surface area contributed by atoms with Crippen LogP contribution >= 0.6 is 0 Å². The van der Waals surface area contributed by atoms with Crippen molar-refractivity contribution in [3.8, 4) is 0 Å². The standard InChI is InChI=1S/C16H26N2O/c1-13(17)16(15-6-4-3-5-7-15)18(2)10-11-19-12-14-8-9-14/h3-7,13-14,16H,8-12,17H2,1-2H3. The lowest BCUT2D eigenvalue weighted by Gasteiger charge is -2.31. The van der Waals surface area contributed by atoms with Gasteiger partial charge >= 0.3 is 0 Å². The second-order valence-electron chi connectivity index (χ2n) is 5.71. The second-order valence-corrected chi connectivity index (χ2v) is 5.71. The van der Waals surface area contributed by atoms with E-state index in [4.69, 9.17) is 10.5 Å². The summed E-state index contributed by atoms with van der Waals surface area (Å²) >= 11 is 0. The monoisotopic (exact) mass is 262 g/mol. The van der Waals surface area contributed by atoms with E-state index >= 15 is 0 Å². The number of rotatable bonds is 8. The van der Waals surface area contributed by atoms with Gasteiger partial charge in [0.05, 0.1) is 6.61 Å². The Kier molecular flexibility index (Phi) is 5.37. The first kappa shape index (κ1) is 14.5. The normalized spacial score (nSPS) is 18.5. The molecule has 0 saturated heterocycles. The molecule has 1 fully saturated rings. The minimum absolute atomic E-state index is 0.107. The highest BCUT2D eigenvalue weighted by Gasteiger charge is 2.22. The lowest BCUT2D eigenvalue weighted by Crippen LogP contribution is -2.38. The molecule has 1 aliphatic carbocycles. The molecule has 3 heteroatoms. The number of nitrogens with two attached hydrogens (primary N) is 1. The van der Waals surface area contributed by atoms with E-state index in [9.17, 15) is 0 Å². The number of hydrogen-bond donors (Lipinski definition) is 1. The van der Waals surface area contributed by atoms with Gasteiger partial charge in [0.2, 0.25) is 0 Å². The largest absolute Gasteiger partial charge is 0.380 e. The molecule has 19 heavy (non-hydrogen) atoms. The third-order valence-electron chi connectivity index (χ3n) is 3.75. The van der Waals surface area contributed by atoms with Crippen molar-refractivity contribution in [2.24, 2.45) is 11.7 Å². The summed E-state index contributed by atoms with van der Waals surface area (Å²) in [6, 6.07) is 10.8. The summed E-state index contributed by atoms with van der Waals surface area (Å²) in [5.74, 6) is 0.837. The van der Waals surface area contributed by atoms with E-state index in [0.717, 1.165) is 25.7 Å². The van der Waals surface area contributed by atoms with Crippen LogP contribution < -0.4 is 5.73 Å². The highest BCUT2D eigenvalue weighted by molar-refractivity contribution is 5.20. The van der Waals surface area contributed by atoms with Gasteiger partial charge in [0.25, 0.3) is 0 Å². The summed E-state index contributed by atoms with van der Waals surface area (Å²) in [6.07, 6.45) is 2.70. The van der Waals surface area contributed by atoms with Gasteiger partial charge in [-0.15, -0.1) is 0 Å². The van der Waals surface area contributed by atoms with Gasteiger partial charge in [-0.05, 0) is 38.3 Å². The van der Waals surface area contributed by atoms with Crippen LogP contribution in [0.1, 0.15) is 31.4 Å². The van der Waals surface area contributed by atoms with E-state index in [-0.39, 0.29) is 12.1 Å². The highest BCUT2D eigenvalue weighted by atomic mass is 16.5. The first-order chi connectivity index (χ1) is 9.18. The van der Waals surface area contributed by atoms with Gasteiger partial charge in [-0.2, -0.15) is 0 Å². The van der Waals surface area contributed by atoms with E-state index in [1.54, 1.807) is 0 Å². The molecule has 2 N–H and O–H groups in total. The third-order valence-corrected chi connectivity index (χ3v) is 3.75. The van der Waals surface area contributed by atoms with Crippen molar-refractivity contribution >= 4 is 0 Å². The predicted octanol–water partition coefficient (Wildman–Crippen LogP) is 2.43. The molecule has 0 bridgehead atoms. The lowest BCUT2D eigenvalue weighted by atomic mass is 10.00. The smallest absolute Gasteiger partial charge is 0.0593 e. The Morgan fingerprint density at radius 1 is 1.32 bits per heavy atom. The van der Waals surface area contributed by atoms with Gasteiger partial charge < -0.3 is 10.5 Å². The summed E-state index contributed by atoms with van der Waals surface area (Å²) in [6.45, 7) is 4.72. The number of benzene rings is 1. The molecule has 106 valence electrons. The molecule has 1 aliphatic rings. The summed E-state index contributed by atoms with van der Waals surface area (Å²) in [5, 5.41) is 0. The fourth-order valence-corrected chi connectivity index (χ4v) is 2.49. The minimum Gasteiger partial charge on any atom is -0.380 e. The summed E-state index contributed by atoms with van der Waals surface area (Å²) in [4.78, 5) is 2.30. The molecule has 0 heterocycles. The van der Waals surface area contributed by atoms with Crippen LogP contribution in [0.4, 0.5) is 0 Å². The average Bonchev–Trinajstić information content (AvgIpc) is 3.20. The number of hydrogen-bond acceptors (Lipinski definition) is 3. The Bertz CT molecular complexity index is 362. The zero-order valence-electron chi connectivity index (χ0n) is 12.1. The molecule has 0 amide bonds. The maximum Gasteiger partial charge on any atom is 0.0593 e. The predicted molar refractivity (Wildman–Crippen MR) is 79.0 cm³/mol. The zero-order valence-corrected chi connectivity index (χ0v) is 12.1. The molecular formula is C16H26N2O. The van der Waals surface area contributed by atoms with Gasteiger partial charge in [-0.25, -0.2) is 0 Å². The molecule has 1 saturated carbocycles. The van der Waals surface area contributed by atoms with Gasteiger partial charge in [0.15, 0.2) is 0 Å². The molecule has 1 aromatic carbocycles. The van der Waals surface area contributed by atoms with Gasteiger partial charge in [0.1, 0.15) is 0 Å². The quantitative estimate of drug-likeness (QED) is 0.731. The molecular weight excluding hydrogens is 236 g/mol. The first-order valence-corrected chi connectivity index (χ1v) is 7.27. The molecule has 2 unspecified atom stereocenters. The Balaban J connectivity index is 1.83. The maximum absolute atomic E-state index is 6.15. The summed E-state index contributed by atoms with van der Waals surface area (Å²) in [7, 11) is 2.13. The van der Waals surface area contributed by atoms with Crippen molar-refractivity contribution in [2.75, 3.05) is 26.8 Å². The summed E-state index contributed by atoms with van der Waals surface area (Å²) < 4.78 is 5.71.